The lowest BCUT2D eigenvalue weighted by Crippen LogP contribution is -2.00. The molecule has 4 nitrogen and oxygen atoms in total. The smallest absolute Gasteiger partial charge is 0.122 e. The zero-order valence-corrected chi connectivity index (χ0v) is 9.01. The van der Waals surface area contributed by atoms with Gasteiger partial charge in [-0.05, 0) is 17.5 Å². The zero-order valence-electron chi connectivity index (χ0n) is 9.01. The van der Waals surface area contributed by atoms with Crippen molar-refractivity contribution in [2.45, 2.75) is 19.3 Å². The molecule has 1 unspecified atom stereocenters. The minimum atomic E-state index is 0.0754. The van der Waals surface area contributed by atoms with Crippen LogP contribution in [0, 0.1) is 0 Å². The van der Waals surface area contributed by atoms with E-state index in [0.29, 0.717) is 0 Å². The zero-order chi connectivity index (χ0) is 11.5. The molecular formula is C12H14N2O2. The van der Waals surface area contributed by atoms with Crippen LogP contribution in [-0.4, -0.2) is 20.2 Å². The first-order valence-corrected chi connectivity index (χ1v) is 5.17. The van der Waals surface area contributed by atoms with Gasteiger partial charge in [-0.1, -0.05) is 13.0 Å². The molecule has 16 heavy (non-hydrogen) atoms. The van der Waals surface area contributed by atoms with Crippen LogP contribution in [0.2, 0.25) is 0 Å². The van der Waals surface area contributed by atoms with E-state index in [2.05, 4.69) is 9.97 Å². The number of phenolic OH excluding ortho intramolecular Hbond substituents is 2. The molecule has 1 heterocycles. The maximum Gasteiger partial charge on any atom is 0.122 e. The standard InChI is InChI=1S/C12H14N2O2/c1-8(6-12-13-4-5-14-12)10-3-2-9(15)7-11(10)16/h2-5,7-8,15-16H,6H2,1H3,(H,13,14). The number of imidazole rings is 1. The van der Waals surface area contributed by atoms with E-state index in [-0.39, 0.29) is 17.4 Å². The molecule has 2 aromatic rings. The van der Waals surface area contributed by atoms with E-state index in [9.17, 15) is 10.2 Å². The molecule has 4 heteroatoms. The van der Waals surface area contributed by atoms with Gasteiger partial charge in [0.15, 0.2) is 0 Å². The lowest BCUT2D eigenvalue weighted by Gasteiger charge is -2.12. The highest BCUT2D eigenvalue weighted by Crippen LogP contribution is 2.30. The largest absolute Gasteiger partial charge is 0.508 e. The van der Waals surface area contributed by atoms with Crippen LogP contribution in [0.25, 0.3) is 0 Å². The summed E-state index contributed by atoms with van der Waals surface area (Å²) in [4.78, 5) is 7.17. The number of H-pyrrole nitrogens is 1. The average molecular weight is 218 g/mol. The maximum atomic E-state index is 9.70. The van der Waals surface area contributed by atoms with Crippen molar-refractivity contribution >= 4 is 0 Å². The Balaban J connectivity index is 2.17. The number of nitrogens with one attached hydrogen (secondary N) is 1. The van der Waals surface area contributed by atoms with Crippen molar-refractivity contribution in [3.8, 4) is 11.5 Å². The molecule has 1 aromatic heterocycles. The summed E-state index contributed by atoms with van der Waals surface area (Å²) in [5, 5.41) is 18.9. The molecule has 2 rings (SSSR count). The first-order chi connectivity index (χ1) is 7.66. The molecule has 3 N–H and O–H groups in total. The van der Waals surface area contributed by atoms with Gasteiger partial charge in [0.1, 0.15) is 17.3 Å². The fourth-order valence-electron chi connectivity index (χ4n) is 1.76. The van der Waals surface area contributed by atoms with Crippen molar-refractivity contribution < 1.29 is 10.2 Å². The summed E-state index contributed by atoms with van der Waals surface area (Å²) in [6.07, 6.45) is 4.21. The summed E-state index contributed by atoms with van der Waals surface area (Å²) in [5.74, 6) is 1.23. The molecular weight excluding hydrogens is 204 g/mol. The second-order valence-electron chi connectivity index (χ2n) is 3.88. The molecule has 0 aliphatic heterocycles. The number of benzene rings is 1. The highest BCUT2D eigenvalue weighted by atomic mass is 16.3. The van der Waals surface area contributed by atoms with Gasteiger partial charge in [0.05, 0.1) is 0 Å². The average Bonchev–Trinajstić information content (AvgIpc) is 2.70. The molecule has 0 bridgehead atoms. The van der Waals surface area contributed by atoms with Crippen molar-refractivity contribution in [1.82, 2.24) is 9.97 Å². The monoisotopic (exact) mass is 218 g/mol. The van der Waals surface area contributed by atoms with Crippen molar-refractivity contribution in [1.29, 1.82) is 0 Å². The molecule has 1 atom stereocenters. The van der Waals surface area contributed by atoms with Gasteiger partial charge in [-0.25, -0.2) is 4.98 Å². The van der Waals surface area contributed by atoms with Crippen LogP contribution in [0.1, 0.15) is 24.2 Å². The van der Waals surface area contributed by atoms with Gasteiger partial charge in [0.2, 0.25) is 0 Å². The molecule has 0 spiro atoms. The van der Waals surface area contributed by atoms with Crippen LogP contribution in [0.4, 0.5) is 0 Å². The summed E-state index contributed by atoms with van der Waals surface area (Å²) in [6.45, 7) is 2.01. The molecule has 0 amide bonds. The van der Waals surface area contributed by atoms with Gasteiger partial charge in [0, 0.05) is 24.9 Å². The highest BCUT2D eigenvalue weighted by Gasteiger charge is 2.12. The minimum Gasteiger partial charge on any atom is -0.508 e. The van der Waals surface area contributed by atoms with Crippen LogP contribution in [0.15, 0.2) is 30.6 Å². The van der Waals surface area contributed by atoms with Crippen LogP contribution in [0.5, 0.6) is 11.5 Å². The van der Waals surface area contributed by atoms with E-state index in [1.165, 1.54) is 6.07 Å². The lowest BCUT2D eigenvalue weighted by molar-refractivity contribution is 0.442. The van der Waals surface area contributed by atoms with Crippen molar-refractivity contribution in [2.24, 2.45) is 0 Å². The number of aromatic hydroxyl groups is 2. The minimum absolute atomic E-state index is 0.0754. The fraction of sp³-hybridized carbons (Fsp3) is 0.250. The molecule has 0 fully saturated rings. The Hall–Kier alpha value is -1.97. The molecule has 0 aliphatic rings. The topological polar surface area (TPSA) is 69.1 Å². The van der Waals surface area contributed by atoms with Crippen molar-refractivity contribution in [3.63, 3.8) is 0 Å². The van der Waals surface area contributed by atoms with Crippen molar-refractivity contribution in [3.05, 3.63) is 42.0 Å². The van der Waals surface area contributed by atoms with Gasteiger partial charge in [0.25, 0.3) is 0 Å². The van der Waals surface area contributed by atoms with Crippen LogP contribution < -0.4 is 0 Å². The Kier molecular flexibility index (Phi) is 2.81. The highest BCUT2D eigenvalue weighted by molar-refractivity contribution is 5.41. The predicted molar refractivity (Wildman–Crippen MR) is 60.5 cm³/mol. The molecule has 0 saturated heterocycles. The third kappa shape index (κ3) is 2.16. The van der Waals surface area contributed by atoms with E-state index >= 15 is 0 Å². The Bertz CT molecular complexity index is 466. The summed E-state index contributed by atoms with van der Waals surface area (Å²) < 4.78 is 0. The number of nitrogens with zero attached hydrogens (tertiary/aromatic N) is 1. The summed E-state index contributed by atoms with van der Waals surface area (Å²) >= 11 is 0. The Morgan fingerprint density at radius 1 is 1.38 bits per heavy atom. The van der Waals surface area contributed by atoms with E-state index in [1.807, 2.05) is 6.92 Å². The molecule has 0 aliphatic carbocycles. The second-order valence-corrected chi connectivity index (χ2v) is 3.88. The number of rotatable bonds is 3. The van der Waals surface area contributed by atoms with E-state index in [1.54, 1.807) is 24.5 Å². The van der Waals surface area contributed by atoms with Crippen LogP contribution in [0.3, 0.4) is 0 Å². The van der Waals surface area contributed by atoms with Gasteiger partial charge in [-0.15, -0.1) is 0 Å². The van der Waals surface area contributed by atoms with Crippen LogP contribution in [-0.2, 0) is 6.42 Å². The Morgan fingerprint density at radius 2 is 2.19 bits per heavy atom. The van der Waals surface area contributed by atoms with E-state index < -0.39 is 0 Å². The van der Waals surface area contributed by atoms with Gasteiger partial charge >= 0.3 is 0 Å². The number of aromatic nitrogens is 2. The fourth-order valence-corrected chi connectivity index (χ4v) is 1.76. The molecule has 0 saturated carbocycles. The van der Waals surface area contributed by atoms with Crippen LogP contribution >= 0.6 is 0 Å². The number of hydrogen-bond acceptors (Lipinski definition) is 3. The van der Waals surface area contributed by atoms with Crippen molar-refractivity contribution in [2.75, 3.05) is 0 Å². The number of phenols is 2. The number of aromatic amines is 1. The normalized spacial score (nSPS) is 12.6. The lowest BCUT2D eigenvalue weighted by atomic mass is 9.96. The SMILES string of the molecule is CC(Cc1ncc[nH]1)c1ccc(O)cc1O. The summed E-state index contributed by atoms with van der Waals surface area (Å²) in [6, 6.07) is 4.67. The molecule has 1 aromatic carbocycles. The Morgan fingerprint density at radius 3 is 2.81 bits per heavy atom. The third-order valence-corrected chi connectivity index (χ3v) is 2.60. The second kappa shape index (κ2) is 4.26. The molecule has 0 radical (unpaired) electrons. The quantitative estimate of drug-likeness (QED) is 0.739. The summed E-state index contributed by atoms with van der Waals surface area (Å²) in [7, 11) is 0. The first kappa shape index (κ1) is 10.5. The summed E-state index contributed by atoms with van der Waals surface area (Å²) in [5.41, 5.74) is 0.814. The predicted octanol–water partition coefficient (Wildman–Crippen LogP) is 2.17. The Labute approximate surface area is 93.6 Å². The first-order valence-electron chi connectivity index (χ1n) is 5.17. The van der Waals surface area contributed by atoms with E-state index in [0.717, 1.165) is 17.8 Å². The van der Waals surface area contributed by atoms with E-state index in [4.69, 9.17) is 0 Å². The van der Waals surface area contributed by atoms with Gasteiger partial charge < -0.3 is 15.2 Å². The maximum absolute atomic E-state index is 9.70. The van der Waals surface area contributed by atoms with Gasteiger partial charge in [-0.3, -0.25) is 0 Å². The number of hydrogen-bond donors (Lipinski definition) is 3. The third-order valence-electron chi connectivity index (χ3n) is 2.60. The van der Waals surface area contributed by atoms with Gasteiger partial charge in [-0.2, -0.15) is 0 Å². The molecule has 84 valence electrons.